The third-order valence-corrected chi connectivity index (χ3v) is 3.30. The van der Waals surface area contributed by atoms with E-state index in [0.717, 1.165) is 24.2 Å². The van der Waals surface area contributed by atoms with E-state index in [9.17, 15) is 9.90 Å². The number of fused-ring (bicyclic) bond motifs is 1. The minimum absolute atomic E-state index is 0.0878. The SMILES string of the molecule is CC(O)CN(C)C(=O)C1CCNc2ccccc21. The molecule has 2 unspecified atom stereocenters. The molecular formula is C14H20N2O2. The maximum atomic E-state index is 12.4. The Morgan fingerprint density at radius 2 is 2.28 bits per heavy atom. The second-order valence-corrected chi connectivity index (χ2v) is 4.92. The summed E-state index contributed by atoms with van der Waals surface area (Å²) in [6, 6.07) is 7.93. The van der Waals surface area contributed by atoms with E-state index in [4.69, 9.17) is 0 Å². The van der Waals surface area contributed by atoms with E-state index >= 15 is 0 Å². The van der Waals surface area contributed by atoms with Crippen molar-refractivity contribution in [2.75, 3.05) is 25.5 Å². The van der Waals surface area contributed by atoms with Crippen LogP contribution in [0, 0.1) is 0 Å². The number of anilines is 1. The van der Waals surface area contributed by atoms with Gasteiger partial charge in [0.2, 0.25) is 5.91 Å². The van der Waals surface area contributed by atoms with Crippen LogP contribution in [0.15, 0.2) is 24.3 Å². The number of carbonyl (C=O) groups is 1. The van der Waals surface area contributed by atoms with Gasteiger partial charge in [-0.2, -0.15) is 0 Å². The van der Waals surface area contributed by atoms with Crippen molar-refractivity contribution in [3.05, 3.63) is 29.8 Å². The molecule has 2 atom stereocenters. The maximum Gasteiger partial charge on any atom is 0.230 e. The third-order valence-electron chi connectivity index (χ3n) is 3.30. The molecule has 0 bridgehead atoms. The zero-order valence-electron chi connectivity index (χ0n) is 10.9. The lowest BCUT2D eigenvalue weighted by atomic mass is 9.90. The van der Waals surface area contributed by atoms with Gasteiger partial charge in [0.15, 0.2) is 0 Å². The normalized spacial score (nSPS) is 19.6. The van der Waals surface area contributed by atoms with Crippen molar-refractivity contribution in [1.29, 1.82) is 0 Å². The highest BCUT2D eigenvalue weighted by atomic mass is 16.3. The topological polar surface area (TPSA) is 52.6 Å². The molecule has 2 rings (SSSR count). The Hall–Kier alpha value is -1.55. The number of amides is 1. The molecule has 1 heterocycles. The zero-order valence-corrected chi connectivity index (χ0v) is 10.9. The molecule has 0 fully saturated rings. The van der Waals surface area contributed by atoms with Crippen LogP contribution in [0.25, 0.3) is 0 Å². The maximum absolute atomic E-state index is 12.4. The molecule has 0 radical (unpaired) electrons. The summed E-state index contributed by atoms with van der Waals surface area (Å²) < 4.78 is 0. The van der Waals surface area contributed by atoms with Crippen LogP contribution >= 0.6 is 0 Å². The molecule has 0 spiro atoms. The van der Waals surface area contributed by atoms with E-state index < -0.39 is 6.10 Å². The van der Waals surface area contributed by atoms with Crippen LogP contribution in [0.2, 0.25) is 0 Å². The van der Waals surface area contributed by atoms with Crippen LogP contribution in [0.1, 0.15) is 24.8 Å². The van der Waals surface area contributed by atoms with Gasteiger partial charge in [0.25, 0.3) is 0 Å². The number of hydrogen-bond acceptors (Lipinski definition) is 3. The second-order valence-electron chi connectivity index (χ2n) is 4.92. The molecule has 4 heteroatoms. The van der Waals surface area contributed by atoms with Crippen LogP contribution in [0.3, 0.4) is 0 Å². The summed E-state index contributed by atoms with van der Waals surface area (Å²) in [5, 5.41) is 12.7. The highest BCUT2D eigenvalue weighted by molar-refractivity contribution is 5.86. The van der Waals surface area contributed by atoms with Gasteiger partial charge in [0.1, 0.15) is 0 Å². The van der Waals surface area contributed by atoms with Crippen molar-refractivity contribution in [2.45, 2.75) is 25.4 Å². The molecule has 4 nitrogen and oxygen atoms in total. The van der Waals surface area contributed by atoms with Crippen molar-refractivity contribution in [1.82, 2.24) is 4.90 Å². The monoisotopic (exact) mass is 248 g/mol. The molecule has 1 aromatic rings. The van der Waals surface area contributed by atoms with Gasteiger partial charge in [-0.3, -0.25) is 4.79 Å². The summed E-state index contributed by atoms with van der Waals surface area (Å²) in [5.74, 6) is -0.00366. The van der Waals surface area contributed by atoms with Crippen LogP contribution < -0.4 is 5.32 Å². The molecule has 1 aliphatic rings. The molecule has 18 heavy (non-hydrogen) atoms. The first-order valence-corrected chi connectivity index (χ1v) is 6.35. The number of aliphatic hydroxyl groups excluding tert-OH is 1. The van der Waals surface area contributed by atoms with Gasteiger partial charge in [-0.05, 0) is 25.0 Å². The van der Waals surface area contributed by atoms with Crippen LogP contribution in [-0.4, -0.2) is 42.2 Å². The second kappa shape index (κ2) is 5.40. The van der Waals surface area contributed by atoms with Gasteiger partial charge in [-0.25, -0.2) is 0 Å². The fraction of sp³-hybridized carbons (Fsp3) is 0.500. The van der Waals surface area contributed by atoms with Crippen LogP contribution in [0.5, 0.6) is 0 Å². The Kier molecular flexibility index (Phi) is 3.87. The summed E-state index contributed by atoms with van der Waals surface area (Å²) in [6.07, 6.45) is 0.316. The smallest absolute Gasteiger partial charge is 0.230 e. The van der Waals surface area contributed by atoms with E-state index in [1.54, 1.807) is 18.9 Å². The lowest BCUT2D eigenvalue weighted by Gasteiger charge is -2.29. The number of rotatable bonds is 3. The molecule has 1 aliphatic heterocycles. The molecule has 1 amide bonds. The minimum atomic E-state index is -0.490. The predicted octanol–water partition coefficient (Wildman–Crippen LogP) is 1.42. The van der Waals surface area contributed by atoms with E-state index in [1.807, 2.05) is 24.3 Å². The van der Waals surface area contributed by atoms with E-state index in [1.165, 1.54) is 0 Å². The summed E-state index contributed by atoms with van der Waals surface area (Å²) >= 11 is 0. The van der Waals surface area contributed by atoms with E-state index in [2.05, 4.69) is 5.32 Å². The Morgan fingerprint density at radius 3 is 3.00 bits per heavy atom. The molecule has 98 valence electrons. The van der Waals surface area contributed by atoms with Gasteiger partial charge in [0.05, 0.1) is 12.0 Å². The van der Waals surface area contributed by atoms with E-state index in [-0.39, 0.29) is 11.8 Å². The van der Waals surface area contributed by atoms with Crippen LogP contribution in [-0.2, 0) is 4.79 Å². The fourth-order valence-corrected chi connectivity index (χ4v) is 2.48. The quantitative estimate of drug-likeness (QED) is 0.850. The van der Waals surface area contributed by atoms with Gasteiger partial charge >= 0.3 is 0 Å². The minimum Gasteiger partial charge on any atom is -0.392 e. The lowest BCUT2D eigenvalue weighted by molar-refractivity contribution is -0.132. The Bertz CT molecular complexity index is 432. The largest absolute Gasteiger partial charge is 0.392 e. The number of nitrogens with one attached hydrogen (secondary N) is 1. The Balaban J connectivity index is 2.17. The fourth-order valence-electron chi connectivity index (χ4n) is 2.48. The molecular weight excluding hydrogens is 228 g/mol. The summed E-state index contributed by atoms with van der Waals surface area (Å²) in [6.45, 7) is 2.89. The summed E-state index contributed by atoms with van der Waals surface area (Å²) in [4.78, 5) is 14.0. The molecule has 1 aromatic carbocycles. The number of para-hydroxylation sites is 1. The number of benzene rings is 1. The first-order chi connectivity index (χ1) is 8.59. The highest BCUT2D eigenvalue weighted by Gasteiger charge is 2.28. The molecule has 2 N–H and O–H groups in total. The van der Waals surface area contributed by atoms with Gasteiger partial charge in [0, 0.05) is 25.8 Å². The van der Waals surface area contributed by atoms with Crippen molar-refractivity contribution in [2.24, 2.45) is 0 Å². The van der Waals surface area contributed by atoms with Gasteiger partial charge in [-0.15, -0.1) is 0 Å². The average Bonchev–Trinajstić information content (AvgIpc) is 2.36. The summed E-state index contributed by atoms with van der Waals surface area (Å²) in [7, 11) is 1.75. The first kappa shape index (κ1) is 12.9. The van der Waals surface area contributed by atoms with Gasteiger partial charge in [-0.1, -0.05) is 18.2 Å². The third kappa shape index (κ3) is 2.64. The first-order valence-electron chi connectivity index (χ1n) is 6.35. The predicted molar refractivity (Wildman–Crippen MR) is 71.6 cm³/mol. The van der Waals surface area contributed by atoms with E-state index in [0.29, 0.717) is 6.54 Å². The Labute approximate surface area is 108 Å². The van der Waals surface area contributed by atoms with Crippen molar-refractivity contribution in [3.8, 4) is 0 Å². The average molecular weight is 248 g/mol. The zero-order chi connectivity index (χ0) is 13.1. The van der Waals surface area contributed by atoms with Crippen molar-refractivity contribution in [3.63, 3.8) is 0 Å². The highest BCUT2D eigenvalue weighted by Crippen LogP contribution is 2.32. The van der Waals surface area contributed by atoms with Gasteiger partial charge < -0.3 is 15.3 Å². The number of carbonyl (C=O) groups excluding carboxylic acids is 1. The molecule has 0 aliphatic carbocycles. The van der Waals surface area contributed by atoms with Crippen LogP contribution in [0.4, 0.5) is 5.69 Å². The van der Waals surface area contributed by atoms with Crippen molar-refractivity contribution >= 4 is 11.6 Å². The standard InChI is InChI=1S/C14H20N2O2/c1-10(17)9-16(2)14(18)12-7-8-15-13-6-4-3-5-11(12)13/h3-6,10,12,15,17H,7-9H2,1-2H3. The molecule has 0 saturated heterocycles. The number of likely N-dealkylation sites (N-methyl/N-ethyl adjacent to an activating group) is 1. The summed E-state index contributed by atoms with van der Waals surface area (Å²) in [5.41, 5.74) is 2.11. The number of hydrogen-bond donors (Lipinski definition) is 2. The number of nitrogens with zero attached hydrogens (tertiary/aromatic N) is 1. The van der Waals surface area contributed by atoms with Crippen molar-refractivity contribution < 1.29 is 9.90 Å². The number of aliphatic hydroxyl groups is 1. The molecule has 0 saturated carbocycles. The lowest BCUT2D eigenvalue weighted by Crippen LogP contribution is -2.38. The molecule has 0 aromatic heterocycles. The Morgan fingerprint density at radius 1 is 1.56 bits per heavy atom.